The Bertz CT molecular complexity index is 564. The first kappa shape index (κ1) is 12.8. The first-order chi connectivity index (χ1) is 9.20. The maximum atomic E-state index is 12.0. The molecule has 0 saturated carbocycles. The molecule has 0 aromatic heterocycles. The molecule has 0 aliphatic carbocycles. The number of nitrogen functional groups attached to an aromatic ring is 1. The molecule has 19 heavy (non-hydrogen) atoms. The van der Waals surface area contributed by atoms with E-state index in [1.54, 1.807) is 36.4 Å². The standard InChI is InChI=1S/C15H14N2O2/c16-13-8-6-12(7-9-13)15(19)17-14(10-18)11-4-2-1-3-5-11/h1-10,14H,16H2,(H,17,19). The van der Waals surface area contributed by atoms with E-state index >= 15 is 0 Å². The third kappa shape index (κ3) is 3.19. The van der Waals surface area contributed by atoms with Crippen molar-refractivity contribution < 1.29 is 9.59 Å². The van der Waals surface area contributed by atoms with Gasteiger partial charge in [0.1, 0.15) is 12.3 Å². The summed E-state index contributed by atoms with van der Waals surface area (Å²) in [6, 6.07) is 15.0. The van der Waals surface area contributed by atoms with Gasteiger partial charge >= 0.3 is 0 Å². The molecule has 3 N–H and O–H groups in total. The van der Waals surface area contributed by atoms with Crippen molar-refractivity contribution in [2.24, 2.45) is 0 Å². The van der Waals surface area contributed by atoms with Crippen molar-refractivity contribution in [3.63, 3.8) is 0 Å². The Balaban J connectivity index is 2.13. The van der Waals surface area contributed by atoms with Gasteiger partial charge in [-0.05, 0) is 29.8 Å². The van der Waals surface area contributed by atoms with Crippen LogP contribution >= 0.6 is 0 Å². The Kier molecular flexibility index (Phi) is 3.93. The predicted octanol–water partition coefficient (Wildman–Crippen LogP) is 1.94. The topological polar surface area (TPSA) is 72.2 Å². The van der Waals surface area contributed by atoms with Crippen molar-refractivity contribution in [2.75, 3.05) is 5.73 Å². The molecule has 96 valence electrons. The summed E-state index contributed by atoms with van der Waals surface area (Å²) in [4.78, 5) is 23.1. The molecule has 4 nitrogen and oxygen atoms in total. The van der Waals surface area contributed by atoms with Crippen LogP contribution in [0, 0.1) is 0 Å². The minimum atomic E-state index is -0.647. The van der Waals surface area contributed by atoms with E-state index in [1.165, 1.54) is 0 Å². The van der Waals surface area contributed by atoms with E-state index in [1.807, 2.05) is 18.2 Å². The van der Waals surface area contributed by atoms with Gasteiger partial charge in [-0.2, -0.15) is 0 Å². The molecule has 0 fully saturated rings. The second-order valence-electron chi connectivity index (χ2n) is 4.12. The van der Waals surface area contributed by atoms with Crippen molar-refractivity contribution in [1.82, 2.24) is 5.32 Å². The highest BCUT2D eigenvalue weighted by Gasteiger charge is 2.14. The lowest BCUT2D eigenvalue weighted by Crippen LogP contribution is -2.29. The summed E-state index contributed by atoms with van der Waals surface area (Å²) >= 11 is 0. The van der Waals surface area contributed by atoms with Crippen molar-refractivity contribution in [1.29, 1.82) is 0 Å². The number of anilines is 1. The van der Waals surface area contributed by atoms with Crippen LogP contribution in [0.1, 0.15) is 22.0 Å². The minimum Gasteiger partial charge on any atom is -0.399 e. The zero-order valence-corrected chi connectivity index (χ0v) is 10.2. The van der Waals surface area contributed by atoms with Crippen LogP contribution in [0.5, 0.6) is 0 Å². The number of amides is 1. The molecule has 0 radical (unpaired) electrons. The average molecular weight is 254 g/mol. The van der Waals surface area contributed by atoms with Crippen LogP contribution in [0.3, 0.4) is 0 Å². The zero-order valence-electron chi connectivity index (χ0n) is 10.2. The number of nitrogens with two attached hydrogens (primary N) is 1. The lowest BCUT2D eigenvalue weighted by atomic mass is 10.1. The molecule has 1 atom stereocenters. The van der Waals surface area contributed by atoms with Crippen molar-refractivity contribution in [2.45, 2.75) is 6.04 Å². The summed E-state index contributed by atoms with van der Waals surface area (Å²) in [7, 11) is 0. The Morgan fingerprint density at radius 2 is 1.68 bits per heavy atom. The summed E-state index contributed by atoms with van der Waals surface area (Å²) in [5, 5.41) is 2.67. The predicted molar refractivity (Wildman–Crippen MR) is 73.6 cm³/mol. The molecule has 0 spiro atoms. The van der Waals surface area contributed by atoms with Crippen LogP contribution < -0.4 is 11.1 Å². The quantitative estimate of drug-likeness (QED) is 0.647. The molecule has 0 bridgehead atoms. The van der Waals surface area contributed by atoms with Crippen molar-refractivity contribution >= 4 is 17.9 Å². The molecule has 0 aliphatic rings. The van der Waals surface area contributed by atoms with Gasteiger partial charge in [-0.3, -0.25) is 4.79 Å². The molecule has 2 aromatic rings. The largest absolute Gasteiger partial charge is 0.399 e. The minimum absolute atomic E-state index is 0.305. The molecule has 0 saturated heterocycles. The first-order valence-corrected chi connectivity index (χ1v) is 5.87. The average Bonchev–Trinajstić information content (AvgIpc) is 2.46. The maximum Gasteiger partial charge on any atom is 0.252 e. The fourth-order valence-corrected chi connectivity index (χ4v) is 1.72. The smallest absolute Gasteiger partial charge is 0.252 e. The van der Waals surface area contributed by atoms with Gasteiger partial charge < -0.3 is 15.8 Å². The highest BCUT2D eigenvalue weighted by atomic mass is 16.2. The molecule has 0 aliphatic heterocycles. The number of aldehydes is 1. The fourth-order valence-electron chi connectivity index (χ4n) is 1.72. The number of carbonyl (C=O) groups excluding carboxylic acids is 2. The Hall–Kier alpha value is -2.62. The van der Waals surface area contributed by atoms with Gasteiger partial charge in [-0.25, -0.2) is 0 Å². The highest BCUT2D eigenvalue weighted by molar-refractivity contribution is 5.96. The Labute approximate surface area is 111 Å². The first-order valence-electron chi connectivity index (χ1n) is 5.87. The number of carbonyl (C=O) groups is 2. The van der Waals surface area contributed by atoms with E-state index in [0.29, 0.717) is 17.5 Å². The van der Waals surface area contributed by atoms with E-state index in [2.05, 4.69) is 5.32 Å². The molecule has 4 heteroatoms. The van der Waals surface area contributed by atoms with Gasteiger partial charge in [0.05, 0.1) is 0 Å². The number of hydrogen-bond acceptors (Lipinski definition) is 3. The van der Waals surface area contributed by atoms with Gasteiger partial charge in [0.15, 0.2) is 0 Å². The van der Waals surface area contributed by atoms with Crippen LogP contribution in [0.4, 0.5) is 5.69 Å². The van der Waals surface area contributed by atoms with E-state index in [4.69, 9.17) is 5.73 Å². The van der Waals surface area contributed by atoms with E-state index in [0.717, 1.165) is 5.56 Å². The molecule has 0 heterocycles. The molecular formula is C15H14N2O2. The van der Waals surface area contributed by atoms with Crippen LogP contribution in [-0.2, 0) is 4.79 Å². The van der Waals surface area contributed by atoms with Gasteiger partial charge in [0.2, 0.25) is 0 Å². The normalized spacial score (nSPS) is 11.6. The van der Waals surface area contributed by atoms with Gasteiger partial charge in [-0.15, -0.1) is 0 Å². The molecule has 2 aromatic carbocycles. The number of rotatable bonds is 4. The van der Waals surface area contributed by atoms with Crippen molar-refractivity contribution in [3.05, 3.63) is 65.7 Å². The van der Waals surface area contributed by atoms with Gasteiger partial charge in [-0.1, -0.05) is 30.3 Å². The molecule has 1 unspecified atom stereocenters. The monoisotopic (exact) mass is 254 g/mol. The van der Waals surface area contributed by atoms with Crippen molar-refractivity contribution in [3.8, 4) is 0 Å². The maximum absolute atomic E-state index is 12.0. The summed E-state index contributed by atoms with van der Waals surface area (Å²) in [6.07, 6.45) is 0.713. The van der Waals surface area contributed by atoms with E-state index in [-0.39, 0.29) is 5.91 Å². The second-order valence-corrected chi connectivity index (χ2v) is 4.12. The second kappa shape index (κ2) is 5.82. The van der Waals surface area contributed by atoms with Crippen LogP contribution in [0.25, 0.3) is 0 Å². The lowest BCUT2D eigenvalue weighted by molar-refractivity contribution is -0.109. The molecule has 1 amide bonds. The summed E-state index contributed by atoms with van der Waals surface area (Å²) < 4.78 is 0. The lowest BCUT2D eigenvalue weighted by Gasteiger charge is -2.13. The zero-order chi connectivity index (χ0) is 13.7. The van der Waals surface area contributed by atoms with Gasteiger partial charge in [0.25, 0.3) is 5.91 Å². The number of hydrogen-bond donors (Lipinski definition) is 2. The SMILES string of the molecule is Nc1ccc(C(=O)NC(C=O)c2ccccc2)cc1. The summed E-state index contributed by atoms with van der Waals surface area (Å²) in [6.45, 7) is 0. The van der Waals surface area contributed by atoms with Crippen LogP contribution in [0.15, 0.2) is 54.6 Å². The van der Waals surface area contributed by atoms with E-state index < -0.39 is 6.04 Å². The molecular weight excluding hydrogens is 240 g/mol. The van der Waals surface area contributed by atoms with E-state index in [9.17, 15) is 9.59 Å². The Morgan fingerprint density at radius 1 is 1.05 bits per heavy atom. The Morgan fingerprint density at radius 3 is 2.26 bits per heavy atom. The summed E-state index contributed by atoms with van der Waals surface area (Å²) in [5.74, 6) is -0.305. The fraction of sp³-hybridized carbons (Fsp3) is 0.0667. The summed E-state index contributed by atoms with van der Waals surface area (Å²) in [5.41, 5.74) is 7.37. The number of benzene rings is 2. The molecule has 2 rings (SSSR count). The van der Waals surface area contributed by atoms with Gasteiger partial charge in [0, 0.05) is 11.3 Å². The third-order valence-electron chi connectivity index (χ3n) is 2.75. The number of nitrogens with one attached hydrogen (secondary N) is 1. The third-order valence-corrected chi connectivity index (χ3v) is 2.75. The highest BCUT2D eigenvalue weighted by Crippen LogP contribution is 2.12. The van der Waals surface area contributed by atoms with Crippen LogP contribution in [-0.4, -0.2) is 12.2 Å². The van der Waals surface area contributed by atoms with Crippen LogP contribution in [0.2, 0.25) is 0 Å².